The van der Waals surface area contributed by atoms with Crippen molar-refractivity contribution in [1.82, 2.24) is 4.24 Å². The smallest absolute Gasteiger partial charge is 0.252 e. The fourth-order valence-corrected chi connectivity index (χ4v) is 1.21. The fourth-order valence-electron chi connectivity index (χ4n) is 0.742. The van der Waals surface area contributed by atoms with E-state index in [0.717, 1.165) is 5.56 Å². The molecule has 0 aromatic heterocycles. The Balaban J connectivity index is 2.54. The monoisotopic (exact) mass is 221 g/mol. The van der Waals surface area contributed by atoms with Gasteiger partial charge >= 0.3 is 10.3 Å². The van der Waals surface area contributed by atoms with Crippen molar-refractivity contribution in [3.63, 3.8) is 0 Å². The lowest BCUT2D eigenvalue weighted by Gasteiger charge is -2.01. The van der Waals surface area contributed by atoms with Gasteiger partial charge in [-0.05, 0) is 17.3 Å². The van der Waals surface area contributed by atoms with Gasteiger partial charge in [0.15, 0.2) is 0 Å². The van der Waals surface area contributed by atoms with Gasteiger partial charge in [0.2, 0.25) is 0 Å². The molecule has 0 bridgehead atoms. The van der Waals surface area contributed by atoms with E-state index < -0.39 is 10.3 Å². The van der Waals surface area contributed by atoms with Crippen molar-refractivity contribution in [3.8, 4) is 0 Å². The lowest BCUT2D eigenvalue weighted by Crippen LogP contribution is -2.16. The molecule has 0 aliphatic rings. The van der Waals surface area contributed by atoms with Gasteiger partial charge in [-0.25, -0.2) is 0 Å². The van der Waals surface area contributed by atoms with E-state index in [4.69, 9.17) is 11.8 Å². The quantitative estimate of drug-likeness (QED) is 0.778. The molecule has 1 rings (SSSR count). The Bertz CT molecular complexity index is 351. The second-order valence-electron chi connectivity index (χ2n) is 2.28. The first-order valence-electron chi connectivity index (χ1n) is 3.45. The van der Waals surface area contributed by atoms with Crippen molar-refractivity contribution < 1.29 is 12.6 Å². The zero-order chi connectivity index (χ0) is 9.73. The molecule has 72 valence electrons. The van der Waals surface area contributed by atoms with Gasteiger partial charge in [-0.3, -0.25) is 4.18 Å². The Morgan fingerprint density at radius 2 is 1.92 bits per heavy atom. The second kappa shape index (κ2) is 4.57. The summed E-state index contributed by atoms with van der Waals surface area (Å²) in [5.41, 5.74) is 0.762. The molecule has 13 heavy (non-hydrogen) atoms. The number of nitrogens with one attached hydrogen (secondary N) is 1. The van der Waals surface area contributed by atoms with E-state index in [-0.39, 0.29) is 6.61 Å². The molecule has 0 aliphatic carbocycles. The van der Waals surface area contributed by atoms with Gasteiger partial charge in [-0.1, -0.05) is 30.3 Å². The van der Waals surface area contributed by atoms with Crippen molar-refractivity contribution in [1.29, 1.82) is 0 Å². The summed E-state index contributed by atoms with van der Waals surface area (Å²) in [7, 11) is -3.80. The molecule has 1 aromatic carbocycles. The molecule has 0 radical (unpaired) electrons. The SMILES string of the molecule is O=S(=O)(NCl)OCc1ccccc1. The summed E-state index contributed by atoms with van der Waals surface area (Å²) in [6, 6.07) is 8.92. The Morgan fingerprint density at radius 1 is 1.31 bits per heavy atom. The van der Waals surface area contributed by atoms with Crippen LogP contribution in [0.5, 0.6) is 0 Å². The van der Waals surface area contributed by atoms with Gasteiger partial charge in [0.1, 0.15) is 0 Å². The highest BCUT2D eigenvalue weighted by Crippen LogP contribution is 2.02. The Labute approximate surface area is 81.8 Å². The molecule has 0 fully saturated rings. The lowest BCUT2D eigenvalue weighted by molar-refractivity contribution is 0.306. The van der Waals surface area contributed by atoms with E-state index in [1.54, 1.807) is 24.3 Å². The first-order valence-corrected chi connectivity index (χ1v) is 5.23. The zero-order valence-electron chi connectivity index (χ0n) is 6.60. The van der Waals surface area contributed by atoms with Crippen LogP contribution in [-0.2, 0) is 21.1 Å². The minimum atomic E-state index is -3.80. The van der Waals surface area contributed by atoms with Crippen molar-refractivity contribution in [2.24, 2.45) is 0 Å². The molecule has 0 unspecified atom stereocenters. The molecular formula is C7H8ClNO3S. The topological polar surface area (TPSA) is 55.4 Å². The standard InChI is InChI=1S/C7H8ClNO3S/c8-9-13(10,11)12-6-7-4-2-1-3-5-7/h1-5,9H,6H2. The third-order valence-corrected chi connectivity index (χ3v) is 2.50. The molecule has 0 atom stereocenters. The highest BCUT2D eigenvalue weighted by atomic mass is 35.5. The van der Waals surface area contributed by atoms with E-state index in [1.807, 2.05) is 6.07 Å². The molecule has 6 heteroatoms. The average molecular weight is 222 g/mol. The maximum Gasteiger partial charge on any atom is 0.349 e. The van der Waals surface area contributed by atoms with Crippen LogP contribution in [0.15, 0.2) is 30.3 Å². The zero-order valence-corrected chi connectivity index (χ0v) is 8.18. The lowest BCUT2D eigenvalue weighted by atomic mass is 10.2. The van der Waals surface area contributed by atoms with E-state index in [1.165, 1.54) is 4.24 Å². The highest BCUT2D eigenvalue weighted by molar-refractivity contribution is 7.85. The molecule has 0 saturated carbocycles. The van der Waals surface area contributed by atoms with Crippen LogP contribution in [0.2, 0.25) is 0 Å². The Kier molecular flexibility index (Phi) is 3.68. The van der Waals surface area contributed by atoms with Crippen LogP contribution in [0.25, 0.3) is 0 Å². The maximum absolute atomic E-state index is 10.7. The summed E-state index contributed by atoms with van der Waals surface area (Å²) in [5.74, 6) is 0. The third-order valence-electron chi connectivity index (χ3n) is 1.32. The Hall–Kier alpha value is -0.620. The van der Waals surface area contributed by atoms with Crippen LogP contribution in [0, 0.1) is 0 Å². The summed E-state index contributed by atoms with van der Waals surface area (Å²) >= 11 is 4.90. The predicted molar refractivity (Wildman–Crippen MR) is 49.1 cm³/mol. The summed E-state index contributed by atoms with van der Waals surface area (Å²) in [6.07, 6.45) is 0. The first kappa shape index (κ1) is 10.5. The predicted octanol–water partition coefficient (Wildman–Crippen LogP) is 1.19. The largest absolute Gasteiger partial charge is 0.349 e. The van der Waals surface area contributed by atoms with Crippen molar-refractivity contribution >= 4 is 22.1 Å². The minimum absolute atomic E-state index is 0.0249. The van der Waals surface area contributed by atoms with Crippen LogP contribution in [0.3, 0.4) is 0 Å². The normalized spacial score (nSPS) is 11.5. The third kappa shape index (κ3) is 3.73. The summed E-state index contributed by atoms with van der Waals surface area (Å²) in [6.45, 7) is -0.0249. The van der Waals surface area contributed by atoms with Crippen LogP contribution in [-0.4, -0.2) is 8.42 Å². The van der Waals surface area contributed by atoms with Crippen LogP contribution in [0.1, 0.15) is 5.56 Å². The van der Waals surface area contributed by atoms with Crippen molar-refractivity contribution in [2.75, 3.05) is 0 Å². The summed E-state index contributed by atoms with van der Waals surface area (Å²) in [4.78, 5) is 0. The van der Waals surface area contributed by atoms with E-state index >= 15 is 0 Å². The number of rotatable bonds is 4. The number of hydrogen-bond acceptors (Lipinski definition) is 3. The van der Waals surface area contributed by atoms with E-state index in [0.29, 0.717) is 0 Å². The molecule has 1 N–H and O–H groups in total. The fraction of sp³-hybridized carbons (Fsp3) is 0.143. The van der Waals surface area contributed by atoms with Crippen LogP contribution >= 0.6 is 11.8 Å². The van der Waals surface area contributed by atoms with Gasteiger partial charge in [0.25, 0.3) is 0 Å². The van der Waals surface area contributed by atoms with Crippen LogP contribution in [0.4, 0.5) is 0 Å². The van der Waals surface area contributed by atoms with Gasteiger partial charge in [-0.2, -0.15) is 8.42 Å². The Morgan fingerprint density at radius 3 is 2.46 bits per heavy atom. The summed E-state index contributed by atoms with van der Waals surface area (Å²) in [5, 5.41) is 0. The van der Waals surface area contributed by atoms with Crippen molar-refractivity contribution in [3.05, 3.63) is 35.9 Å². The average Bonchev–Trinajstić information content (AvgIpc) is 2.17. The molecule has 4 nitrogen and oxygen atoms in total. The molecule has 0 heterocycles. The molecular weight excluding hydrogens is 214 g/mol. The van der Waals surface area contributed by atoms with Gasteiger partial charge < -0.3 is 0 Å². The highest BCUT2D eigenvalue weighted by Gasteiger charge is 2.07. The number of halogens is 1. The number of benzene rings is 1. The molecule has 0 aliphatic heterocycles. The van der Waals surface area contributed by atoms with Gasteiger partial charge in [0.05, 0.1) is 6.61 Å². The first-order chi connectivity index (χ1) is 6.14. The van der Waals surface area contributed by atoms with E-state index in [2.05, 4.69) is 4.18 Å². The van der Waals surface area contributed by atoms with Gasteiger partial charge in [-0.15, -0.1) is 4.24 Å². The maximum atomic E-state index is 10.7. The molecule has 0 amide bonds. The number of hydrogen-bond donors (Lipinski definition) is 1. The van der Waals surface area contributed by atoms with E-state index in [9.17, 15) is 8.42 Å². The minimum Gasteiger partial charge on any atom is -0.252 e. The van der Waals surface area contributed by atoms with Crippen molar-refractivity contribution in [2.45, 2.75) is 6.61 Å². The summed E-state index contributed by atoms with van der Waals surface area (Å²) < 4.78 is 27.4. The van der Waals surface area contributed by atoms with Gasteiger partial charge in [0, 0.05) is 0 Å². The molecule has 0 spiro atoms. The molecule has 0 saturated heterocycles. The molecule has 1 aromatic rings. The second-order valence-corrected chi connectivity index (χ2v) is 4.04. The van der Waals surface area contributed by atoms with Crippen LogP contribution < -0.4 is 4.24 Å².